The Morgan fingerprint density at radius 3 is 2.43 bits per heavy atom. The molecule has 1 aliphatic carbocycles. The molecule has 5 rings (SSSR count). The number of nitriles is 1. The number of nitrogens with zero attached hydrogens (tertiary/aromatic N) is 3. The summed E-state index contributed by atoms with van der Waals surface area (Å²) in [4.78, 5) is 6.98. The Kier molecular flexibility index (Phi) is 7.71. The number of rotatable bonds is 7. The lowest BCUT2D eigenvalue weighted by atomic mass is 9.73. The van der Waals surface area contributed by atoms with Crippen molar-refractivity contribution in [1.29, 1.82) is 5.26 Å². The molecule has 1 saturated carbocycles. The normalized spacial score (nSPS) is 17.8. The van der Waals surface area contributed by atoms with E-state index in [-0.39, 0.29) is 11.4 Å². The lowest BCUT2D eigenvalue weighted by Gasteiger charge is -2.42. The summed E-state index contributed by atoms with van der Waals surface area (Å²) in [5, 5.41) is 10.2. The molecule has 0 radical (unpaired) electrons. The summed E-state index contributed by atoms with van der Waals surface area (Å²) >= 11 is 12.1. The number of nitrogens with two attached hydrogens (primary N) is 1. The van der Waals surface area contributed by atoms with Gasteiger partial charge in [0.1, 0.15) is 6.61 Å². The average Bonchev–Trinajstić information content (AvgIpc) is 3.75. The van der Waals surface area contributed by atoms with Crippen molar-refractivity contribution in [1.82, 2.24) is 4.90 Å². The summed E-state index contributed by atoms with van der Waals surface area (Å²) in [5.74, 6) is 0.876. The van der Waals surface area contributed by atoms with Crippen LogP contribution >= 0.6 is 23.2 Å². The van der Waals surface area contributed by atoms with Crippen molar-refractivity contribution in [2.45, 2.75) is 31.1 Å². The first-order chi connectivity index (χ1) is 17.9. The van der Waals surface area contributed by atoms with E-state index < -0.39 is 0 Å². The molecule has 7 heteroatoms. The maximum atomic E-state index is 9.26. The second-order valence-electron chi connectivity index (χ2n) is 10.1. The molecule has 2 N–H and O–H groups in total. The molecule has 0 amide bonds. The number of amidine groups is 1. The van der Waals surface area contributed by atoms with Crippen molar-refractivity contribution in [3.63, 3.8) is 0 Å². The summed E-state index contributed by atoms with van der Waals surface area (Å²) in [6, 6.07) is 23.8. The fraction of sp³-hybridized carbons (Fsp3) is 0.333. The van der Waals surface area contributed by atoms with Crippen molar-refractivity contribution in [2.24, 2.45) is 16.6 Å². The van der Waals surface area contributed by atoms with Gasteiger partial charge in [-0.25, -0.2) is 0 Å². The highest BCUT2D eigenvalue weighted by molar-refractivity contribution is 6.42. The molecule has 0 unspecified atom stereocenters. The highest BCUT2D eigenvalue weighted by Crippen LogP contribution is 2.39. The molecule has 0 spiro atoms. The largest absolute Gasteiger partial charge is 0.464 e. The molecule has 0 aromatic heterocycles. The highest BCUT2D eigenvalue weighted by atomic mass is 35.5. The first-order valence-corrected chi connectivity index (χ1v) is 13.5. The SMILES string of the molecule is N#Cc1cccc(-c2ccc(C3(COC(N)=Nc4ccc(Cl)c(Cl)c4)CCN(CC4CC4)CC3)cc2)c1. The molecule has 3 aromatic rings. The van der Waals surface area contributed by atoms with Crippen molar-refractivity contribution in [2.75, 3.05) is 26.2 Å². The summed E-state index contributed by atoms with van der Waals surface area (Å²) < 4.78 is 6.08. The van der Waals surface area contributed by atoms with Crippen LogP contribution in [-0.4, -0.2) is 37.2 Å². The first kappa shape index (κ1) is 25.6. The maximum Gasteiger partial charge on any atom is 0.287 e. The van der Waals surface area contributed by atoms with Gasteiger partial charge in [0, 0.05) is 12.0 Å². The summed E-state index contributed by atoms with van der Waals surface area (Å²) in [7, 11) is 0. The first-order valence-electron chi connectivity index (χ1n) is 12.7. The minimum Gasteiger partial charge on any atom is -0.464 e. The monoisotopic (exact) mass is 532 g/mol. The molecule has 2 aliphatic rings. The zero-order valence-electron chi connectivity index (χ0n) is 20.7. The fourth-order valence-corrected chi connectivity index (χ4v) is 5.35. The third-order valence-electron chi connectivity index (χ3n) is 7.49. The molecular formula is C30H30Cl2N4O. The van der Waals surface area contributed by atoms with Crippen LogP contribution < -0.4 is 5.73 Å². The Morgan fingerprint density at radius 1 is 1.00 bits per heavy atom. The van der Waals surface area contributed by atoms with Gasteiger partial charge in [0.2, 0.25) is 0 Å². The third kappa shape index (κ3) is 6.27. The predicted molar refractivity (Wildman–Crippen MR) is 150 cm³/mol. The van der Waals surface area contributed by atoms with Gasteiger partial charge in [-0.05, 0) is 91.7 Å². The van der Waals surface area contributed by atoms with Gasteiger partial charge < -0.3 is 15.4 Å². The van der Waals surface area contributed by atoms with Gasteiger partial charge in [0.05, 0.1) is 27.4 Å². The topological polar surface area (TPSA) is 74.6 Å². The van der Waals surface area contributed by atoms with Crippen LogP contribution in [0, 0.1) is 17.2 Å². The van der Waals surface area contributed by atoms with Crippen LogP contribution in [0.1, 0.15) is 36.8 Å². The number of ether oxygens (including phenoxy) is 1. The summed E-state index contributed by atoms with van der Waals surface area (Å²) in [5.41, 5.74) is 10.6. The molecule has 190 valence electrons. The van der Waals surface area contributed by atoms with Gasteiger partial charge >= 0.3 is 0 Å². The third-order valence-corrected chi connectivity index (χ3v) is 8.23. The summed E-state index contributed by atoms with van der Waals surface area (Å²) in [6.45, 7) is 3.72. The zero-order chi connectivity index (χ0) is 25.8. The number of benzene rings is 3. The number of hydrogen-bond acceptors (Lipinski definition) is 4. The van der Waals surface area contributed by atoms with Gasteiger partial charge in [-0.1, -0.05) is 59.6 Å². The van der Waals surface area contributed by atoms with E-state index in [1.165, 1.54) is 24.9 Å². The minimum atomic E-state index is -0.162. The Balaban J connectivity index is 1.35. The van der Waals surface area contributed by atoms with E-state index in [0.29, 0.717) is 27.9 Å². The fourth-order valence-electron chi connectivity index (χ4n) is 5.06. The summed E-state index contributed by atoms with van der Waals surface area (Å²) in [6.07, 6.45) is 4.70. The van der Waals surface area contributed by atoms with E-state index in [1.807, 2.05) is 24.3 Å². The Morgan fingerprint density at radius 2 is 1.76 bits per heavy atom. The maximum absolute atomic E-state index is 9.26. The molecule has 1 aliphatic heterocycles. The molecule has 37 heavy (non-hydrogen) atoms. The Hall–Kier alpha value is -3.04. The van der Waals surface area contributed by atoms with E-state index in [1.54, 1.807) is 18.2 Å². The van der Waals surface area contributed by atoms with E-state index in [0.717, 1.165) is 43.0 Å². The van der Waals surface area contributed by atoms with E-state index in [9.17, 15) is 5.26 Å². The lowest BCUT2D eigenvalue weighted by molar-refractivity contribution is 0.103. The van der Waals surface area contributed by atoms with Gasteiger partial charge in [-0.3, -0.25) is 0 Å². The van der Waals surface area contributed by atoms with Crippen LogP contribution in [0.2, 0.25) is 10.0 Å². The van der Waals surface area contributed by atoms with E-state index >= 15 is 0 Å². The van der Waals surface area contributed by atoms with Crippen molar-refractivity contribution in [3.05, 3.63) is 87.9 Å². The predicted octanol–water partition coefficient (Wildman–Crippen LogP) is 6.94. The van der Waals surface area contributed by atoms with Crippen LogP contribution in [0.4, 0.5) is 5.69 Å². The number of halogens is 2. The van der Waals surface area contributed by atoms with Crippen LogP contribution in [0.5, 0.6) is 0 Å². The van der Waals surface area contributed by atoms with Crippen LogP contribution in [0.25, 0.3) is 11.1 Å². The second-order valence-corrected chi connectivity index (χ2v) is 10.9. The minimum absolute atomic E-state index is 0.114. The van der Waals surface area contributed by atoms with Gasteiger partial charge in [0.15, 0.2) is 0 Å². The van der Waals surface area contributed by atoms with E-state index in [4.69, 9.17) is 33.7 Å². The number of piperidine rings is 1. The van der Waals surface area contributed by atoms with Crippen LogP contribution in [-0.2, 0) is 10.2 Å². The van der Waals surface area contributed by atoms with E-state index in [2.05, 4.69) is 40.2 Å². The van der Waals surface area contributed by atoms with Gasteiger partial charge in [0.25, 0.3) is 6.02 Å². The number of likely N-dealkylation sites (tertiary alicyclic amines) is 1. The average molecular weight is 534 g/mol. The molecule has 1 saturated heterocycles. The van der Waals surface area contributed by atoms with Gasteiger partial charge in [-0.15, -0.1) is 0 Å². The molecular weight excluding hydrogens is 503 g/mol. The molecule has 5 nitrogen and oxygen atoms in total. The molecule has 0 atom stereocenters. The van der Waals surface area contributed by atoms with Crippen LogP contribution in [0.15, 0.2) is 71.7 Å². The molecule has 3 aromatic carbocycles. The highest BCUT2D eigenvalue weighted by Gasteiger charge is 2.38. The molecule has 1 heterocycles. The molecule has 2 fully saturated rings. The second kappa shape index (κ2) is 11.1. The van der Waals surface area contributed by atoms with Crippen molar-refractivity contribution >= 4 is 34.9 Å². The van der Waals surface area contributed by atoms with Gasteiger partial charge in [-0.2, -0.15) is 10.3 Å². The van der Waals surface area contributed by atoms with Crippen LogP contribution in [0.3, 0.4) is 0 Å². The molecule has 0 bridgehead atoms. The number of hydrogen-bond donors (Lipinski definition) is 1. The Labute approximate surface area is 228 Å². The Bertz CT molecular complexity index is 1320. The standard InChI is InChI=1S/C30H30Cl2N4O/c31-27-11-10-26(17-28(27)32)35-29(34)37-20-30(12-14-36(15-13-30)19-21-4-5-21)25-8-6-23(7-9-25)24-3-1-2-22(16-24)18-33/h1-3,6-11,16-17,21H,4-5,12-15,19-20H2,(H2,34,35). The number of aliphatic imine (C=N–C) groups is 1. The smallest absolute Gasteiger partial charge is 0.287 e. The van der Waals surface area contributed by atoms with Crippen molar-refractivity contribution < 1.29 is 4.74 Å². The zero-order valence-corrected chi connectivity index (χ0v) is 22.2. The lowest BCUT2D eigenvalue weighted by Crippen LogP contribution is -2.46. The quantitative estimate of drug-likeness (QED) is 0.264. The van der Waals surface area contributed by atoms with Crippen molar-refractivity contribution in [3.8, 4) is 17.2 Å².